The molecule has 0 saturated heterocycles. The predicted octanol–water partition coefficient (Wildman–Crippen LogP) is 1.87. The molecule has 0 fully saturated rings. The van der Waals surface area contributed by atoms with Crippen LogP contribution in [0.1, 0.15) is 20.7 Å². The van der Waals surface area contributed by atoms with E-state index in [-0.39, 0.29) is 16.7 Å². The van der Waals surface area contributed by atoms with Gasteiger partial charge in [0.1, 0.15) is 0 Å². The van der Waals surface area contributed by atoms with E-state index in [4.69, 9.17) is 21.8 Å². The number of furan rings is 1. The van der Waals surface area contributed by atoms with E-state index in [1.807, 2.05) is 0 Å². The van der Waals surface area contributed by atoms with E-state index in [0.717, 1.165) is 0 Å². The summed E-state index contributed by atoms with van der Waals surface area (Å²) in [5, 5.41) is 5.28. The van der Waals surface area contributed by atoms with Crippen molar-refractivity contribution in [3.8, 4) is 0 Å². The minimum absolute atomic E-state index is 0.00226. The fourth-order valence-electron chi connectivity index (χ4n) is 1.72. The van der Waals surface area contributed by atoms with Gasteiger partial charge in [-0.25, -0.2) is 0 Å². The lowest BCUT2D eigenvalue weighted by molar-refractivity contribution is 0.0955. The highest BCUT2D eigenvalue weighted by atomic mass is 35.5. The summed E-state index contributed by atoms with van der Waals surface area (Å²) in [6, 6.07) is 8.11. The number of hydrogen-bond donors (Lipinski definition) is 3. The lowest BCUT2D eigenvalue weighted by Crippen LogP contribution is -2.29. The van der Waals surface area contributed by atoms with Crippen molar-refractivity contribution in [3.05, 3.63) is 52.9 Å². The average Bonchev–Trinajstić information content (AvgIpc) is 2.91. The number of nitrogens with two attached hydrogens (primary N) is 1. The lowest BCUT2D eigenvalue weighted by atomic mass is 10.1. The zero-order chi connectivity index (χ0) is 15.2. The molecule has 6 nitrogen and oxygen atoms in total. The largest absolute Gasteiger partial charge is 0.452 e. The van der Waals surface area contributed by atoms with Gasteiger partial charge < -0.3 is 20.8 Å². The molecule has 0 unspecified atom stereocenters. The molecule has 0 aliphatic heterocycles. The van der Waals surface area contributed by atoms with Crippen molar-refractivity contribution >= 4 is 29.1 Å². The molecule has 2 aromatic rings. The first-order valence-corrected chi connectivity index (χ1v) is 6.63. The minimum atomic E-state index is -0.451. The van der Waals surface area contributed by atoms with E-state index >= 15 is 0 Å². The Morgan fingerprint density at radius 1 is 1.14 bits per heavy atom. The van der Waals surface area contributed by atoms with Crippen molar-refractivity contribution in [2.24, 2.45) is 5.73 Å². The fourth-order valence-corrected chi connectivity index (χ4v) is 1.92. The summed E-state index contributed by atoms with van der Waals surface area (Å²) >= 11 is 5.75. The molecule has 0 bridgehead atoms. The van der Waals surface area contributed by atoms with Crippen LogP contribution in [0.5, 0.6) is 0 Å². The second-order valence-electron chi connectivity index (χ2n) is 4.15. The molecule has 0 aliphatic rings. The van der Waals surface area contributed by atoms with Gasteiger partial charge in [-0.05, 0) is 29.8 Å². The summed E-state index contributed by atoms with van der Waals surface area (Å²) in [7, 11) is 0. The molecule has 0 radical (unpaired) electrons. The van der Waals surface area contributed by atoms with Gasteiger partial charge in [0.05, 0.1) is 23.1 Å². The number of para-hydroxylation sites is 1. The van der Waals surface area contributed by atoms with Crippen molar-refractivity contribution in [2.75, 3.05) is 18.4 Å². The van der Waals surface area contributed by atoms with Gasteiger partial charge in [0, 0.05) is 13.1 Å². The van der Waals surface area contributed by atoms with Crippen LogP contribution in [0.3, 0.4) is 0 Å². The standard InChI is InChI=1S/C14H14ClN3O3/c15-12-10(5-8-21-12)14(20)18-11-4-2-1-3-9(11)13(19)17-7-6-16/h1-5,8H,6-7,16H2,(H,17,19)(H,18,20). The Kier molecular flexibility index (Phi) is 4.97. The van der Waals surface area contributed by atoms with Crippen molar-refractivity contribution < 1.29 is 14.0 Å². The molecule has 0 atom stereocenters. The number of halogens is 1. The third kappa shape index (κ3) is 3.62. The molecular weight excluding hydrogens is 294 g/mol. The number of carbonyl (C=O) groups excluding carboxylic acids is 2. The van der Waals surface area contributed by atoms with E-state index in [1.54, 1.807) is 24.3 Å². The van der Waals surface area contributed by atoms with Gasteiger partial charge in [0.15, 0.2) is 0 Å². The van der Waals surface area contributed by atoms with E-state index in [9.17, 15) is 9.59 Å². The molecule has 110 valence electrons. The van der Waals surface area contributed by atoms with Crippen LogP contribution in [0, 0.1) is 0 Å². The van der Waals surface area contributed by atoms with E-state index in [0.29, 0.717) is 24.3 Å². The first-order valence-electron chi connectivity index (χ1n) is 6.25. The Morgan fingerprint density at radius 2 is 1.90 bits per heavy atom. The number of benzene rings is 1. The minimum Gasteiger partial charge on any atom is -0.452 e. The maximum absolute atomic E-state index is 12.1. The maximum atomic E-state index is 12.1. The Labute approximate surface area is 126 Å². The summed E-state index contributed by atoms with van der Waals surface area (Å²) in [4.78, 5) is 24.1. The number of hydrogen-bond acceptors (Lipinski definition) is 4. The molecule has 0 saturated carbocycles. The number of anilines is 1. The van der Waals surface area contributed by atoms with Crippen molar-refractivity contribution in [1.29, 1.82) is 0 Å². The molecule has 21 heavy (non-hydrogen) atoms. The molecule has 4 N–H and O–H groups in total. The summed E-state index contributed by atoms with van der Waals surface area (Å²) in [6.07, 6.45) is 1.32. The number of amides is 2. The van der Waals surface area contributed by atoms with Crippen LogP contribution < -0.4 is 16.4 Å². The molecular formula is C14H14ClN3O3. The normalized spacial score (nSPS) is 10.2. The molecule has 1 aromatic heterocycles. The van der Waals surface area contributed by atoms with Crippen LogP contribution in [0.2, 0.25) is 5.22 Å². The van der Waals surface area contributed by atoms with Crippen LogP contribution in [-0.4, -0.2) is 24.9 Å². The zero-order valence-corrected chi connectivity index (χ0v) is 11.8. The third-order valence-electron chi connectivity index (χ3n) is 2.71. The fraction of sp³-hybridized carbons (Fsp3) is 0.143. The molecule has 0 aliphatic carbocycles. The maximum Gasteiger partial charge on any atom is 0.260 e. The van der Waals surface area contributed by atoms with E-state index in [1.165, 1.54) is 12.3 Å². The summed E-state index contributed by atoms with van der Waals surface area (Å²) in [5.41, 5.74) is 6.28. The smallest absolute Gasteiger partial charge is 0.260 e. The number of carbonyl (C=O) groups is 2. The molecule has 2 rings (SSSR count). The third-order valence-corrected chi connectivity index (χ3v) is 3.01. The second kappa shape index (κ2) is 6.92. The Bertz CT molecular complexity index is 654. The quantitative estimate of drug-likeness (QED) is 0.785. The molecule has 1 aromatic carbocycles. The van der Waals surface area contributed by atoms with Gasteiger partial charge in [-0.3, -0.25) is 9.59 Å². The van der Waals surface area contributed by atoms with E-state index in [2.05, 4.69) is 10.6 Å². The van der Waals surface area contributed by atoms with Crippen LogP contribution in [0.4, 0.5) is 5.69 Å². The summed E-state index contributed by atoms with van der Waals surface area (Å²) in [5.74, 6) is -0.762. The van der Waals surface area contributed by atoms with Gasteiger partial charge >= 0.3 is 0 Å². The molecule has 2 amide bonds. The Morgan fingerprint density at radius 3 is 2.57 bits per heavy atom. The van der Waals surface area contributed by atoms with Crippen LogP contribution in [0.15, 0.2) is 41.0 Å². The highest BCUT2D eigenvalue weighted by molar-refractivity contribution is 6.32. The van der Waals surface area contributed by atoms with Gasteiger partial charge in [-0.1, -0.05) is 12.1 Å². The van der Waals surface area contributed by atoms with Crippen LogP contribution in [-0.2, 0) is 0 Å². The van der Waals surface area contributed by atoms with Crippen LogP contribution >= 0.6 is 11.6 Å². The molecule has 7 heteroatoms. The van der Waals surface area contributed by atoms with Gasteiger partial charge in [0.2, 0.25) is 5.22 Å². The monoisotopic (exact) mass is 307 g/mol. The van der Waals surface area contributed by atoms with Gasteiger partial charge in [0.25, 0.3) is 11.8 Å². The summed E-state index contributed by atoms with van der Waals surface area (Å²) in [6.45, 7) is 0.694. The number of rotatable bonds is 5. The van der Waals surface area contributed by atoms with E-state index < -0.39 is 5.91 Å². The summed E-state index contributed by atoms with van der Waals surface area (Å²) < 4.78 is 4.87. The Hall–Kier alpha value is -2.31. The lowest BCUT2D eigenvalue weighted by Gasteiger charge is -2.10. The predicted molar refractivity (Wildman–Crippen MR) is 79.5 cm³/mol. The van der Waals surface area contributed by atoms with Crippen molar-refractivity contribution in [3.63, 3.8) is 0 Å². The Balaban J connectivity index is 2.19. The first-order chi connectivity index (χ1) is 10.1. The SMILES string of the molecule is NCCNC(=O)c1ccccc1NC(=O)c1ccoc1Cl. The second-order valence-corrected chi connectivity index (χ2v) is 4.50. The van der Waals surface area contributed by atoms with Crippen LogP contribution in [0.25, 0.3) is 0 Å². The zero-order valence-electron chi connectivity index (χ0n) is 11.1. The highest BCUT2D eigenvalue weighted by Crippen LogP contribution is 2.20. The highest BCUT2D eigenvalue weighted by Gasteiger charge is 2.16. The number of nitrogens with one attached hydrogen (secondary N) is 2. The first kappa shape index (κ1) is 15.1. The molecule has 0 spiro atoms. The van der Waals surface area contributed by atoms with Gasteiger partial charge in [-0.15, -0.1) is 0 Å². The molecule has 1 heterocycles. The topological polar surface area (TPSA) is 97.4 Å². The average molecular weight is 308 g/mol. The van der Waals surface area contributed by atoms with Crippen molar-refractivity contribution in [1.82, 2.24) is 5.32 Å². The van der Waals surface area contributed by atoms with Gasteiger partial charge in [-0.2, -0.15) is 0 Å². The van der Waals surface area contributed by atoms with Crippen molar-refractivity contribution in [2.45, 2.75) is 0 Å².